The fourth-order valence-corrected chi connectivity index (χ4v) is 3.19. The lowest BCUT2D eigenvalue weighted by molar-refractivity contribution is -0.131. The lowest BCUT2D eigenvalue weighted by atomic mass is 9.63. The standard InChI is InChI=1S/C18H22FN3O2/c1-17(24,14-10-21-22(2)11-14)12-20-16(23)18(7-4-8-18)13-5-3-6-15(19)9-13/h3,5-6,9-11,24H,4,7-8,12H2,1-2H3,(H,20,23). The average molecular weight is 331 g/mol. The van der Waals surface area contributed by atoms with Gasteiger partial charge in [0.1, 0.15) is 11.4 Å². The number of aromatic nitrogens is 2. The maximum atomic E-state index is 13.5. The molecule has 1 unspecified atom stereocenters. The van der Waals surface area contributed by atoms with Crippen molar-refractivity contribution in [2.75, 3.05) is 6.54 Å². The molecule has 2 aromatic rings. The second-order valence-electron chi connectivity index (χ2n) is 6.81. The van der Waals surface area contributed by atoms with Crippen LogP contribution in [0.15, 0.2) is 36.7 Å². The molecule has 128 valence electrons. The molecule has 0 bridgehead atoms. The number of amides is 1. The predicted octanol–water partition coefficient (Wildman–Crippen LogP) is 2.00. The molecule has 0 spiro atoms. The molecule has 0 radical (unpaired) electrons. The van der Waals surface area contributed by atoms with Crippen LogP contribution in [0.5, 0.6) is 0 Å². The van der Waals surface area contributed by atoms with Gasteiger partial charge in [0.15, 0.2) is 0 Å². The van der Waals surface area contributed by atoms with Crippen molar-refractivity contribution in [1.29, 1.82) is 0 Å². The van der Waals surface area contributed by atoms with Gasteiger partial charge in [-0.1, -0.05) is 18.6 Å². The van der Waals surface area contributed by atoms with Crippen molar-refractivity contribution in [2.45, 2.75) is 37.2 Å². The Morgan fingerprint density at radius 1 is 1.50 bits per heavy atom. The first-order chi connectivity index (χ1) is 11.3. The fraction of sp³-hybridized carbons (Fsp3) is 0.444. The van der Waals surface area contributed by atoms with Crippen LogP contribution in [0.1, 0.15) is 37.3 Å². The van der Waals surface area contributed by atoms with Crippen LogP contribution < -0.4 is 5.32 Å². The van der Waals surface area contributed by atoms with Gasteiger partial charge in [0.2, 0.25) is 5.91 Å². The smallest absolute Gasteiger partial charge is 0.230 e. The summed E-state index contributed by atoms with van der Waals surface area (Å²) in [5.74, 6) is -0.502. The number of rotatable bonds is 5. The SMILES string of the molecule is Cn1cc(C(C)(O)CNC(=O)C2(c3cccc(F)c3)CCC2)cn1. The maximum absolute atomic E-state index is 13.5. The van der Waals surface area contributed by atoms with E-state index in [1.165, 1.54) is 12.1 Å². The third-order valence-corrected chi connectivity index (χ3v) is 4.94. The van der Waals surface area contributed by atoms with E-state index in [0.29, 0.717) is 24.0 Å². The van der Waals surface area contributed by atoms with E-state index in [4.69, 9.17) is 0 Å². The van der Waals surface area contributed by atoms with E-state index in [2.05, 4.69) is 10.4 Å². The van der Waals surface area contributed by atoms with E-state index < -0.39 is 11.0 Å². The number of carbonyl (C=O) groups excluding carboxylic acids is 1. The van der Waals surface area contributed by atoms with E-state index in [1.54, 1.807) is 43.2 Å². The topological polar surface area (TPSA) is 67.2 Å². The molecular formula is C18H22FN3O2. The molecule has 1 amide bonds. The Hall–Kier alpha value is -2.21. The number of halogens is 1. The van der Waals surface area contributed by atoms with Crippen LogP contribution >= 0.6 is 0 Å². The molecule has 1 aliphatic rings. The lowest BCUT2D eigenvalue weighted by Gasteiger charge is -2.41. The summed E-state index contributed by atoms with van der Waals surface area (Å²) in [4.78, 5) is 12.8. The number of carbonyl (C=O) groups is 1. The van der Waals surface area contributed by atoms with Crippen molar-refractivity contribution in [3.05, 3.63) is 53.6 Å². The zero-order valence-electron chi connectivity index (χ0n) is 13.9. The first kappa shape index (κ1) is 16.6. The van der Waals surface area contributed by atoms with Crippen LogP contribution in [0.4, 0.5) is 4.39 Å². The van der Waals surface area contributed by atoms with Crippen LogP contribution in [0.3, 0.4) is 0 Å². The van der Waals surface area contributed by atoms with Crippen molar-refractivity contribution in [3.63, 3.8) is 0 Å². The van der Waals surface area contributed by atoms with Gasteiger partial charge in [0, 0.05) is 18.8 Å². The number of benzene rings is 1. The van der Waals surface area contributed by atoms with Crippen LogP contribution in [-0.4, -0.2) is 27.3 Å². The quantitative estimate of drug-likeness (QED) is 0.881. The highest BCUT2D eigenvalue weighted by atomic mass is 19.1. The van der Waals surface area contributed by atoms with Gasteiger partial charge in [0.25, 0.3) is 0 Å². The fourth-order valence-electron chi connectivity index (χ4n) is 3.19. The van der Waals surface area contributed by atoms with E-state index in [9.17, 15) is 14.3 Å². The molecule has 6 heteroatoms. The van der Waals surface area contributed by atoms with Gasteiger partial charge in [-0.25, -0.2) is 4.39 Å². The van der Waals surface area contributed by atoms with E-state index in [-0.39, 0.29) is 18.3 Å². The molecule has 1 atom stereocenters. The largest absolute Gasteiger partial charge is 0.383 e. The Bertz CT molecular complexity index is 750. The average Bonchev–Trinajstić information content (AvgIpc) is 2.92. The van der Waals surface area contributed by atoms with Gasteiger partial charge in [-0.15, -0.1) is 0 Å². The summed E-state index contributed by atoms with van der Waals surface area (Å²) in [6, 6.07) is 6.23. The highest BCUT2D eigenvalue weighted by molar-refractivity contribution is 5.89. The Labute approximate surface area is 140 Å². The normalized spacial score (nSPS) is 18.5. The van der Waals surface area contributed by atoms with Crippen molar-refractivity contribution in [2.24, 2.45) is 7.05 Å². The molecule has 3 rings (SSSR count). The van der Waals surface area contributed by atoms with E-state index >= 15 is 0 Å². The third-order valence-electron chi connectivity index (χ3n) is 4.94. The van der Waals surface area contributed by atoms with Crippen LogP contribution in [0, 0.1) is 5.82 Å². The van der Waals surface area contributed by atoms with Gasteiger partial charge >= 0.3 is 0 Å². The molecule has 1 fully saturated rings. The number of nitrogens with one attached hydrogen (secondary N) is 1. The molecule has 1 heterocycles. The minimum absolute atomic E-state index is 0.0780. The number of hydrogen-bond donors (Lipinski definition) is 2. The number of hydrogen-bond acceptors (Lipinski definition) is 3. The lowest BCUT2D eigenvalue weighted by Crippen LogP contribution is -2.52. The summed E-state index contributed by atoms with van der Waals surface area (Å²) in [5, 5.41) is 17.5. The Morgan fingerprint density at radius 2 is 2.25 bits per heavy atom. The molecule has 1 saturated carbocycles. The highest BCUT2D eigenvalue weighted by Gasteiger charge is 2.46. The molecule has 1 aliphatic carbocycles. The number of nitrogens with zero attached hydrogens (tertiary/aromatic N) is 2. The van der Waals surface area contributed by atoms with E-state index in [0.717, 1.165) is 6.42 Å². The van der Waals surface area contributed by atoms with E-state index in [1.807, 2.05) is 0 Å². The summed E-state index contributed by atoms with van der Waals surface area (Å²) >= 11 is 0. The minimum Gasteiger partial charge on any atom is -0.383 e. The second-order valence-corrected chi connectivity index (χ2v) is 6.81. The summed E-state index contributed by atoms with van der Waals surface area (Å²) in [7, 11) is 1.77. The van der Waals surface area contributed by atoms with Gasteiger partial charge in [-0.05, 0) is 37.5 Å². The Kier molecular flexibility index (Phi) is 4.17. The summed E-state index contributed by atoms with van der Waals surface area (Å²) in [5.41, 5.74) is -0.560. The predicted molar refractivity (Wildman–Crippen MR) is 87.7 cm³/mol. The number of aryl methyl sites for hydroxylation is 1. The summed E-state index contributed by atoms with van der Waals surface area (Å²) in [6.07, 6.45) is 5.62. The molecular weight excluding hydrogens is 309 g/mol. The molecule has 0 saturated heterocycles. The monoisotopic (exact) mass is 331 g/mol. The molecule has 1 aromatic heterocycles. The summed E-state index contributed by atoms with van der Waals surface area (Å²) < 4.78 is 15.1. The van der Waals surface area contributed by atoms with Crippen LogP contribution in [0.2, 0.25) is 0 Å². The summed E-state index contributed by atoms with van der Waals surface area (Å²) in [6.45, 7) is 1.72. The van der Waals surface area contributed by atoms with Gasteiger partial charge in [0.05, 0.1) is 18.2 Å². The van der Waals surface area contributed by atoms with Gasteiger partial charge < -0.3 is 10.4 Å². The first-order valence-corrected chi connectivity index (χ1v) is 8.09. The molecule has 1 aromatic carbocycles. The van der Waals surface area contributed by atoms with Crippen molar-refractivity contribution in [1.82, 2.24) is 15.1 Å². The molecule has 0 aliphatic heterocycles. The zero-order valence-corrected chi connectivity index (χ0v) is 13.9. The van der Waals surface area contributed by atoms with Crippen LogP contribution in [-0.2, 0) is 22.9 Å². The zero-order chi connectivity index (χ0) is 17.4. The maximum Gasteiger partial charge on any atom is 0.230 e. The van der Waals surface area contributed by atoms with Crippen molar-refractivity contribution >= 4 is 5.91 Å². The Balaban J connectivity index is 1.74. The third kappa shape index (κ3) is 2.94. The molecule has 5 nitrogen and oxygen atoms in total. The van der Waals surface area contributed by atoms with Crippen molar-refractivity contribution in [3.8, 4) is 0 Å². The van der Waals surface area contributed by atoms with Crippen molar-refractivity contribution < 1.29 is 14.3 Å². The van der Waals surface area contributed by atoms with Gasteiger partial charge in [-0.2, -0.15) is 5.10 Å². The first-order valence-electron chi connectivity index (χ1n) is 8.09. The highest BCUT2D eigenvalue weighted by Crippen LogP contribution is 2.44. The minimum atomic E-state index is -1.21. The van der Waals surface area contributed by atoms with Gasteiger partial charge in [-0.3, -0.25) is 9.48 Å². The second kappa shape index (κ2) is 6.02. The number of aliphatic hydroxyl groups is 1. The molecule has 24 heavy (non-hydrogen) atoms. The molecule has 2 N–H and O–H groups in total. The van der Waals surface area contributed by atoms with Crippen LogP contribution in [0.25, 0.3) is 0 Å². The Morgan fingerprint density at radius 3 is 2.79 bits per heavy atom.